The number of nitrogens with zero attached hydrogens (tertiary/aromatic N) is 2. The summed E-state index contributed by atoms with van der Waals surface area (Å²) in [6, 6.07) is 10.1. The highest BCUT2D eigenvalue weighted by molar-refractivity contribution is 7.16. The molecule has 0 spiro atoms. The first-order chi connectivity index (χ1) is 15.4. The zero-order valence-corrected chi connectivity index (χ0v) is 19.3. The summed E-state index contributed by atoms with van der Waals surface area (Å²) in [7, 11) is 1.68. The highest BCUT2D eigenvalue weighted by Crippen LogP contribution is 2.44. The van der Waals surface area contributed by atoms with Crippen LogP contribution in [0.25, 0.3) is 21.5 Å². The zero-order valence-electron chi connectivity index (χ0n) is 17.8. The SMILES string of the molecule is COc1cccc2cc(-c3cc(Cl)c([C@]4(C)Cc5nc(C6CC6)ncc5C(=N)N4)s3)[nH]c12. The highest BCUT2D eigenvalue weighted by atomic mass is 35.5. The van der Waals surface area contributed by atoms with Crippen LogP contribution in [0.5, 0.6) is 5.75 Å². The van der Waals surface area contributed by atoms with E-state index in [1.807, 2.05) is 18.2 Å². The molecule has 162 valence electrons. The van der Waals surface area contributed by atoms with Gasteiger partial charge in [-0.1, -0.05) is 23.7 Å². The van der Waals surface area contributed by atoms with Crippen molar-refractivity contribution in [2.75, 3.05) is 7.11 Å². The van der Waals surface area contributed by atoms with Crippen molar-refractivity contribution in [1.82, 2.24) is 20.3 Å². The van der Waals surface area contributed by atoms with Gasteiger partial charge < -0.3 is 15.0 Å². The van der Waals surface area contributed by atoms with Crippen molar-refractivity contribution in [2.24, 2.45) is 0 Å². The van der Waals surface area contributed by atoms with Crippen molar-refractivity contribution in [3.8, 4) is 16.3 Å². The molecule has 3 aromatic heterocycles. The van der Waals surface area contributed by atoms with Gasteiger partial charge in [0.05, 0.1) is 45.0 Å². The molecule has 1 atom stereocenters. The van der Waals surface area contributed by atoms with Crippen molar-refractivity contribution in [1.29, 1.82) is 5.41 Å². The summed E-state index contributed by atoms with van der Waals surface area (Å²) >= 11 is 8.41. The Labute approximate surface area is 194 Å². The molecule has 1 aliphatic carbocycles. The largest absolute Gasteiger partial charge is 0.495 e. The molecule has 2 aliphatic rings. The van der Waals surface area contributed by atoms with Crippen molar-refractivity contribution in [2.45, 2.75) is 37.6 Å². The fourth-order valence-electron chi connectivity index (χ4n) is 4.48. The van der Waals surface area contributed by atoms with Crippen LogP contribution in [0.15, 0.2) is 36.5 Å². The van der Waals surface area contributed by atoms with Gasteiger partial charge in [-0.2, -0.15) is 0 Å². The predicted octanol–water partition coefficient (Wildman–Crippen LogP) is 5.61. The number of para-hydroxylation sites is 1. The van der Waals surface area contributed by atoms with Crippen LogP contribution in [0.1, 0.15) is 47.6 Å². The second kappa shape index (κ2) is 7.05. The number of fused-ring (bicyclic) bond motifs is 2. The van der Waals surface area contributed by atoms with Crippen LogP contribution >= 0.6 is 22.9 Å². The van der Waals surface area contributed by atoms with E-state index in [0.717, 1.165) is 62.0 Å². The number of aromatic nitrogens is 3. The van der Waals surface area contributed by atoms with Gasteiger partial charge in [0.2, 0.25) is 0 Å². The maximum atomic E-state index is 8.58. The third-order valence-electron chi connectivity index (χ3n) is 6.31. The number of hydrogen-bond donors (Lipinski definition) is 3. The summed E-state index contributed by atoms with van der Waals surface area (Å²) < 4.78 is 5.49. The van der Waals surface area contributed by atoms with Crippen LogP contribution < -0.4 is 10.1 Å². The van der Waals surface area contributed by atoms with E-state index in [-0.39, 0.29) is 0 Å². The molecule has 4 aromatic rings. The molecule has 1 aliphatic heterocycles. The molecule has 1 fully saturated rings. The normalized spacial score (nSPS) is 20.3. The maximum Gasteiger partial charge on any atom is 0.142 e. The Morgan fingerprint density at radius 3 is 2.91 bits per heavy atom. The zero-order chi connectivity index (χ0) is 22.0. The topological polar surface area (TPSA) is 86.7 Å². The monoisotopic (exact) mass is 463 g/mol. The number of nitrogens with one attached hydrogen (secondary N) is 3. The average molecular weight is 464 g/mol. The molecule has 8 heteroatoms. The second-order valence-corrected chi connectivity index (χ2v) is 10.2. The molecule has 0 bridgehead atoms. The van der Waals surface area contributed by atoms with E-state index in [0.29, 0.717) is 23.2 Å². The first-order valence-electron chi connectivity index (χ1n) is 10.6. The van der Waals surface area contributed by atoms with Gasteiger partial charge in [-0.05, 0) is 38.0 Å². The minimum atomic E-state index is -0.511. The summed E-state index contributed by atoms with van der Waals surface area (Å²) in [5.41, 5.74) is 3.16. The van der Waals surface area contributed by atoms with E-state index in [9.17, 15) is 0 Å². The van der Waals surface area contributed by atoms with Crippen LogP contribution in [-0.2, 0) is 12.0 Å². The number of hydrogen-bond acceptors (Lipinski definition) is 5. The number of aromatic amines is 1. The second-order valence-electron chi connectivity index (χ2n) is 8.77. The minimum Gasteiger partial charge on any atom is -0.495 e. The van der Waals surface area contributed by atoms with E-state index in [2.05, 4.69) is 34.3 Å². The van der Waals surface area contributed by atoms with Crippen LogP contribution in [0, 0.1) is 5.41 Å². The fourth-order valence-corrected chi connectivity index (χ4v) is 6.10. The Morgan fingerprint density at radius 1 is 1.28 bits per heavy atom. The van der Waals surface area contributed by atoms with Crippen molar-refractivity contribution in [3.05, 3.63) is 63.5 Å². The number of amidine groups is 1. The van der Waals surface area contributed by atoms with E-state index >= 15 is 0 Å². The van der Waals surface area contributed by atoms with Crippen molar-refractivity contribution < 1.29 is 4.74 Å². The summed E-state index contributed by atoms with van der Waals surface area (Å²) in [5, 5.41) is 13.7. The fraction of sp³-hybridized carbons (Fsp3) is 0.292. The lowest BCUT2D eigenvalue weighted by Gasteiger charge is -2.36. The number of benzene rings is 1. The Balaban J connectivity index is 1.39. The van der Waals surface area contributed by atoms with Gasteiger partial charge in [-0.3, -0.25) is 5.41 Å². The van der Waals surface area contributed by atoms with E-state index in [1.54, 1.807) is 24.6 Å². The van der Waals surface area contributed by atoms with Gasteiger partial charge in [-0.15, -0.1) is 11.3 Å². The van der Waals surface area contributed by atoms with Crippen LogP contribution in [-0.4, -0.2) is 27.9 Å². The molecule has 4 heterocycles. The summed E-state index contributed by atoms with van der Waals surface area (Å²) in [4.78, 5) is 14.9. The molecule has 32 heavy (non-hydrogen) atoms. The first-order valence-corrected chi connectivity index (χ1v) is 11.8. The van der Waals surface area contributed by atoms with Crippen LogP contribution in [0.4, 0.5) is 0 Å². The van der Waals surface area contributed by atoms with Gasteiger partial charge >= 0.3 is 0 Å². The number of rotatable bonds is 4. The Bertz CT molecular complexity index is 1390. The van der Waals surface area contributed by atoms with Crippen molar-refractivity contribution >= 4 is 39.7 Å². The molecule has 0 unspecified atom stereocenters. The standard InChI is InChI=1S/C24H22ClN5OS/c1-24(10-17-14(22(26)30-24)11-27-23(29-17)12-6-7-12)21-15(25)9-19(32-21)16-8-13-4-3-5-18(31-2)20(13)28-16/h3-5,8-9,11-12,28H,6-7,10H2,1-2H3,(H2,26,30)/t24-/m0/s1. The van der Waals surface area contributed by atoms with Crippen molar-refractivity contribution in [3.63, 3.8) is 0 Å². The minimum absolute atomic E-state index is 0.345. The van der Waals surface area contributed by atoms with E-state index < -0.39 is 5.54 Å². The molecule has 1 aromatic carbocycles. The van der Waals surface area contributed by atoms with Gasteiger partial charge in [0.15, 0.2) is 0 Å². The molecule has 0 amide bonds. The number of halogens is 1. The molecule has 6 rings (SSSR count). The Morgan fingerprint density at radius 2 is 2.12 bits per heavy atom. The lowest BCUT2D eigenvalue weighted by atomic mass is 9.87. The number of H-pyrrole nitrogens is 1. The number of thiophene rings is 1. The third-order valence-corrected chi connectivity index (χ3v) is 8.15. The number of ether oxygens (including phenoxy) is 1. The summed E-state index contributed by atoms with van der Waals surface area (Å²) in [5.74, 6) is 2.54. The predicted molar refractivity (Wildman–Crippen MR) is 128 cm³/mol. The molecular formula is C24H22ClN5OS. The van der Waals surface area contributed by atoms with Crippen LogP contribution in [0.2, 0.25) is 5.02 Å². The molecular weight excluding hydrogens is 442 g/mol. The molecule has 0 radical (unpaired) electrons. The molecule has 6 nitrogen and oxygen atoms in total. The van der Waals surface area contributed by atoms with Gasteiger partial charge in [0, 0.05) is 28.8 Å². The Kier molecular flexibility index (Phi) is 4.35. The van der Waals surface area contributed by atoms with Gasteiger partial charge in [0.25, 0.3) is 0 Å². The van der Waals surface area contributed by atoms with Gasteiger partial charge in [0.1, 0.15) is 17.4 Å². The first kappa shape index (κ1) is 19.8. The quantitative estimate of drug-likeness (QED) is 0.367. The molecule has 3 N–H and O–H groups in total. The summed E-state index contributed by atoms with van der Waals surface area (Å²) in [6.45, 7) is 2.10. The van der Waals surface area contributed by atoms with E-state index in [1.165, 1.54) is 0 Å². The average Bonchev–Trinajstić information content (AvgIpc) is 3.41. The third kappa shape index (κ3) is 3.11. The summed E-state index contributed by atoms with van der Waals surface area (Å²) in [6.07, 6.45) is 4.76. The van der Waals surface area contributed by atoms with Gasteiger partial charge in [-0.25, -0.2) is 9.97 Å². The lowest BCUT2D eigenvalue weighted by molar-refractivity contribution is 0.419. The van der Waals surface area contributed by atoms with Crippen LogP contribution in [0.3, 0.4) is 0 Å². The highest BCUT2D eigenvalue weighted by Gasteiger charge is 2.39. The number of methoxy groups -OCH3 is 1. The Hall–Kier alpha value is -2.90. The smallest absolute Gasteiger partial charge is 0.142 e. The maximum absolute atomic E-state index is 8.58. The van der Waals surface area contributed by atoms with E-state index in [4.69, 9.17) is 26.7 Å². The lowest BCUT2D eigenvalue weighted by Crippen LogP contribution is -2.49. The molecule has 1 saturated carbocycles. The molecule has 0 saturated heterocycles.